The van der Waals surface area contributed by atoms with Crippen molar-refractivity contribution in [2.45, 2.75) is 19.8 Å². The van der Waals surface area contributed by atoms with Crippen LogP contribution >= 0.6 is 11.6 Å². The highest BCUT2D eigenvalue weighted by molar-refractivity contribution is 6.33. The van der Waals surface area contributed by atoms with E-state index in [0.717, 1.165) is 5.56 Å². The molecule has 1 aromatic carbocycles. The van der Waals surface area contributed by atoms with E-state index in [0.29, 0.717) is 29.6 Å². The van der Waals surface area contributed by atoms with Crippen LogP contribution in [0.2, 0.25) is 5.02 Å². The number of carbonyl (C=O) groups excluding carboxylic acids is 1. The van der Waals surface area contributed by atoms with E-state index in [1.54, 1.807) is 17.2 Å². The van der Waals surface area contributed by atoms with E-state index in [-0.39, 0.29) is 24.8 Å². The largest absolute Gasteiger partial charge is 0.481 e. The SMILES string of the molecule is C[C@@H]1CN(C(=O)CCc2ncc(-c3ccccc3Cl)o2)C[C@H]1C(=O)O. The molecule has 0 saturated carbocycles. The van der Waals surface area contributed by atoms with Crippen LogP contribution in [0.25, 0.3) is 11.3 Å². The molecule has 1 aromatic heterocycles. The number of nitrogens with zero attached hydrogens (tertiary/aromatic N) is 2. The zero-order chi connectivity index (χ0) is 18.0. The lowest BCUT2D eigenvalue weighted by Crippen LogP contribution is -2.30. The van der Waals surface area contributed by atoms with Crippen LogP contribution in [0.1, 0.15) is 19.2 Å². The number of rotatable bonds is 5. The van der Waals surface area contributed by atoms with Crippen molar-refractivity contribution in [2.75, 3.05) is 13.1 Å². The predicted octanol–water partition coefficient (Wildman–Crippen LogP) is 3.11. The lowest BCUT2D eigenvalue weighted by atomic mass is 9.99. The van der Waals surface area contributed by atoms with E-state index in [4.69, 9.17) is 21.1 Å². The Morgan fingerprint density at radius 1 is 1.36 bits per heavy atom. The van der Waals surface area contributed by atoms with Gasteiger partial charge in [0, 0.05) is 31.5 Å². The molecule has 1 amide bonds. The lowest BCUT2D eigenvalue weighted by molar-refractivity contribution is -0.142. The average molecular weight is 363 g/mol. The van der Waals surface area contributed by atoms with Gasteiger partial charge in [-0.3, -0.25) is 9.59 Å². The van der Waals surface area contributed by atoms with Gasteiger partial charge in [-0.15, -0.1) is 0 Å². The highest BCUT2D eigenvalue weighted by atomic mass is 35.5. The Morgan fingerprint density at radius 3 is 2.80 bits per heavy atom. The molecule has 2 aromatic rings. The number of aryl methyl sites for hydroxylation is 1. The first-order valence-electron chi connectivity index (χ1n) is 8.16. The molecule has 2 atom stereocenters. The molecule has 7 heteroatoms. The molecule has 0 bridgehead atoms. The Hall–Kier alpha value is -2.34. The number of likely N-dealkylation sites (tertiary alicyclic amines) is 1. The van der Waals surface area contributed by atoms with Gasteiger partial charge >= 0.3 is 5.97 Å². The topological polar surface area (TPSA) is 83.6 Å². The summed E-state index contributed by atoms with van der Waals surface area (Å²) in [5.41, 5.74) is 0.756. The van der Waals surface area contributed by atoms with Crippen LogP contribution in [0, 0.1) is 11.8 Å². The van der Waals surface area contributed by atoms with Gasteiger partial charge in [0.05, 0.1) is 17.1 Å². The maximum Gasteiger partial charge on any atom is 0.308 e. The summed E-state index contributed by atoms with van der Waals surface area (Å²) in [6, 6.07) is 7.31. The summed E-state index contributed by atoms with van der Waals surface area (Å²) in [6.45, 7) is 2.61. The molecular weight excluding hydrogens is 344 g/mol. The summed E-state index contributed by atoms with van der Waals surface area (Å²) >= 11 is 6.14. The van der Waals surface area contributed by atoms with Gasteiger partial charge in [0.25, 0.3) is 0 Å². The minimum Gasteiger partial charge on any atom is -0.481 e. The van der Waals surface area contributed by atoms with Crippen LogP contribution in [0.4, 0.5) is 0 Å². The van der Waals surface area contributed by atoms with Crippen molar-refractivity contribution in [2.24, 2.45) is 11.8 Å². The summed E-state index contributed by atoms with van der Waals surface area (Å²) < 4.78 is 5.68. The number of amides is 1. The number of aromatic nitrogens is 1. The molecule has 1 aliphatic rings. The highest BCUT2D eigenvalue weighted by Gasteiger charge is 2.36. The van der Waals surface area contributed by atoms with E-state index >= 15 is 0 Å². The van der Waals surface area contributed by atoms with Crippen molar-refractivity contribution in [1.29, 1.82) is 0 Å². The minimum absolute atomic E-state index is 0.0324. The summed E-state index contributed by atoms with van der Waals surface area (Å²) in [5.74, 6) is -0.417. The number of carboxylic acids is 1. The standard InChI is InChI=1S/C18H19ClN2O4/c1-11-9-21(10-13(11)18(23)24)17(22)7-6-16-20-8-15(25-16)12-4-2-3-5-14(12)19/h2-5,8,11,13H,6-7,9-10H2,1H3,(H,23,24)/t11-,13-/m1/s1. The van der Waals surface area contributed by atoms with Crippen LogP contribution in [0.5, 0.6) is 0 Å². The van der Waals surface area contributed by atoms with Crippen molar-refractivity contribution in [3.05, 3.63) is 41.4 Å². The first kappa shape index (κ1) is 17.5. The second-order valence-corrected chi connectivity index (χ2v) is 6.73. The molecule has 6 nitrogen and oxygen atoms in total. The van der Waals surface area contributed by atoms with Crippen LogP contribution in [0.3, 0.4) is 0 Å². The molecule has 1 aliphatic heterocycles. The fourth-order valence-corrected chi connectivity index (χ4v) is 3.30. The van der Waals surface area contributed by atoms with Crippen molar-refractivity contribution in [3.63, 3.8) is 0 Å². The van der Waals surface area contributed by atoms with Crippen LogP contribution in [-0.4, -0.2) is 40.0 Å². The Kier molecular flexibility index (Phi) is 5.08. The average Bonchev–Trinajstić information content (AvgIpc) is 3.20. The molecule has 2 heterocycles. The summed E-state index contributed by atoms with van der Waals surface area (Å²) in [6.07, 6.45) is 2.20. The number of benzene rings is 1. The number of hydrogen-bond donors (Lipinski definition) is 1. The van der Waals surface area contributed by atoms with Crippen LogP contribution in [0.15, 0.2) is 34.9 Å². The number of halogens is 1. The molecule has 3 rings (SSSR count). The third-order valence-corrected chi connectivity index (χ3v) is 4.86. The van der Waals surface area contributed by atoms with Gasteiger partial charge in [0.1, 0.15) is 0 Å². The summed E-state index contributed by atoms with van der Waals surface area (Å²) in [4.78, 5) is 29.3. The Balaban J connectivity index is 1.59. The van der Waals surface area contributed by atoms with Gasteiger partial charge in [-0.2, -0.15) is 0 Å². The van der Waals surface area contributed by atoms with E-state index in [1.165, 1.54) is 0 Å². The van der Waals surface area contributed by atoms with E-state index < -0.39 is 11.9 Å². The highest BCUT2D eigenvalue weighted by Crippen LogP contribution is 2.28. The van der Waals surface area contributed by atoms with Crippen molar-refractivity contribution < 1.29 is 19.1 Å². The van der Waals surface area contributed by atoms with Gasteiger partial charge in [0.2, 0.25) is 5.91 Å². The van der Waals surface area contributed by atoms with Crippen molar-refractivity contribution in [3.8, 4) is 11.3 Å². The Morgan fingerprint density at radius 2 is 2.12 bits per heavy atom. The van der Waals surface area contributed by atoms with E-state index in [1.807, 2.05) is 25.1 Å². The Labute approximate surface area is 150 Å². The Bertz CT molecular complexity index is 789. The van der Waals surface area contributed by atoms with Crippen molar-refractivity contribution in [1.82, 2.24) is 9.88 Å². The van der Waals surface area contributed by atoms with E-state index in [9.17, 15) is 9.59 Å². The number of carboxylic acid groups (broad SMARTS) is 1. The third kappa shape index (κ3) is 3.85. The maximum atomic E-state index is 12.3. The van der Waals surface area contributed by atoms with Gasteiger partial charge in [-0.25, -0.2) is 4.98 Å². The summed E-state index contributed by atoms with van der Waals surface area (Å²) in [5, 5.41) is 9.73. The smallest absolute Gasteiger partial charge is 0.308 e. The van der Waals surface area contributed by atoms with E-state index in [2.05, 4.69) is 4.98 Å². The molecular formula is C18H19ClN2O4. The summed E-state index contributed by atoms with van der Waals surface area (Å²) in [7, 11) is 0. The lowest BCUT2D eigenvalue weighted by Gasteiger charge is -2.15. The maximum absolute atomic E-state index is 12.3. The fourth-order valence-electron chi connectivity index (χ4n) is 3.08. The second-order valence-electron chi connectivity index (χ2n) is 6.32. The number of carbonyl (C=O) groups is 2. The number of oxazole rings is 1. The molecule has 1 fully saturated rings. The molecule has 1 N–H and O–H groups in total. The monoisotopic (exact) mass is 362 g/mol. The third-order valence-electron chi connectivity index (χ3n) is 4.53. The predicted molar refractivity (Wildman–Crippen MR) is 92.1 cm³/mol. The molecule has 0 spiro atoms. The van der Waals surface area contributed by atoms with Crippen LogP contribution < -0.4 is 0 Å². The quantitative estimate of drug-likeness (QED) is 0.883. The normalized spacial score (nSPS) is 20.0. The van der Waals surface area contributed by atoms with Crippen LogP contribution in [-0.2, 0) is 16.0 Å². The number of aliphatic carboxylic acids is 1. The molecule has 1 saturated heterocycles. The van der Waals surface area contributed by atoms with Gasteiger partial charge in [-0.1, -0.05) is 30.7 Å². The van der Waals surface area contributed by atoms with Crippen molar-refractivity contribution >= 4 is 23.5 Å². The molecule has 0 unspecified atom stereocenters. The van der Waals surface area contributed by atoms with Gasteiger partial charge in [-0.05, 0) is 18.1 Å². The first-order valence-corrected chi connectivity index (χ1v) is 8.53. The molecule has 25 heavy (non-hydrogen) atoms. The van der Waals surface area contributed by atoms with Gasteiger partial charge < -0.3 is 14.4 Å². The molecule has 0 aliphatic carbocycles. The zero-order valence-electron chi connectivity index (χ0n) is 13.8. The first-order chi connectivity index (χ1) is 12.0. The minimum atomic E-state index is -0.847. The fraction of sp³-hybridized carbons (Fsp3) is 0.389. The molecule has 132 valence electrons. The number of hydrogen-bond acceptors (Lipinski definition) is 4. The van der Waals surface area contributed by atoms with Gasteiger partial charge in [0.15, 0.2) is 11.7 Å². The zero-order valence-corrected chi connectivity index (χ0v) is 14.6. The molecule has 0 radical (unpaired) electrons. The second kappa shape index (κ2) is 7.27.